The Morgan fingerprint density at radius 3 is 2.43 bits per heavy atom. The van der Waals surface area contributed by atoms with E-state index in [1.54, 1.807) is 12.1 Å². The van der Waals surface area contributed by atoms with Crippen LogP contribution in [0, 0.1) is 5.82 Å². The van der Waals surface area contributed by atoms with E-state index < -0.39 is 5.66 Å². The number of guanidine groups is 2. The van der Waals surface area contributed by atoms with Crippen LogP contribution < -0.4 is 16.2 Å². The zero-order valence-corrected chi connectivity index (χ0v) is 13.8. The van der Waals surface area contributed by atoms with Crippen LogP contribution in [0.1, 0.15) is 20.3 Å². The Morgan fingerprint density at radius 1 is 1.17 bits per heavy atom. The van der Waals surface area contributed by atoms with E-state index in [0.717, 1.165) is 0 Å². The molecule has 0 saturated carbocycles. The highest BCUT2D eigenvalue weighted by atomic mass is 35.5. The van der Waals surface area contributed by atoms with Crippen LogP contribution in [0.4, 0.5) is 4.39 Å². The highest BCUT2D eigenvalue weighted by Crippen LogP contribution is 2.19. The number of ether oxygens (including phenoxy) is 1. The molecule has 0 bridgehead atoms. The van der Waals surface area contributed by atoms with Gasteiger partial charge in [-0.15, -0.1) is 12.4 Å². The molecule has 1 aliphatic heterocycles. The van der Waals surface area contributed by atoms with Crippen LogP contribution in [-0.4, -0.2) is 35.9 Å². The number of hydrogen-bond donors (Lipinski definition) is 2. The normalized spacial score (nSPS) is 16.2. The first kappa shape index (κ1) is 19.0. The minimum atomic E-state index is -0.715. The molecule has 4 N–H and O–H groups in total. The van der Waals surface area contributed by atoms with Crippen molar-refractivity contribution in [3.63, 3.8) is 0 Å². The number of benzene rings is 1. The standard InChI is InChI=1S/C14H20FN5O2.ClH/c1-14(2)19-12(16)18-13(17)20(14)22-9-3-8-21-11-6-4-10(15)5-7-11;/h4-7H,3,8-9H2,1-2H3,(H4,16,17,18,19);1H. The molecule has 0 saturated heterocycles. The van der Waals surface area contributed by atoms with Gasteiger partial charge in [0.1, 0.15) is 11.6 Å². The monoisotopic (exact) mass is 345 g/mol. The molecule has 0 fully saturated rings. The summed E-state index contributed by atoms with van der Waals surface area (Å²) in [6.07, 6.45) is 0.621. The van der Waals surface area contributed by atoms with Crippen molar-refractivity contribution < 1.29 is 14.0 Å². The quantitative estimate of drug-likeness (QED) is 0.763. The molecule has 1 aromatic carbocycles. The molecule has 0 unspecified atom stereocenters. The molecule has 1 aromatic rings. The molecule has 1 heterocycles. The number of hydroxylamine groups is 2. The maximum atomic E-state index is 12.7. The molecule has 0 aromatic heterocycles. The van der Waals surface area contributed by atoms with Crippen molar-refractivity contribution in [2.75, 3.05) is 13.2 Å². The highest BCUT2D eigenvalue weighted by Gasteiger charge is 2.32. The van der Waals surface area contributed by atoms with E-state index in [4.69, 9.17) is 21.0 Å². The minimum Gasteiger partial charge on any atom is -0.494 e. The molecule has 7 nitrogen and oxygen atoms in total. The Morgan fingerprint density at radius 2 is 1.83 bits per heavy atom. The van der Waals surface area contributed by atoms with E-state index in [9.17, 15) is 4.39 Å². The fourth-order valence-corrected chi connectivity index (χ4v) is 1.95. The average Bonchev–Trinajstić information content (AvgIpc) is 2.42. The zero-order chi connectivity index (χ0) is 16.2. The molecule has 9 heteroatoms. The second-order valence-electron chi connectivity index (χ2n) is 5.22. The average molecular weight is 346 g/mol. The van der Waals surface area contributed by atoms with Gasteiger partial charge in [-0.3, -0.25) is 4.84 Å². The first-order valence-electron chi connectivity index (χ1n) is 6.89. The maximum Gasteiger partial charge on any atom is 0.226 e. The number of nitrogens with two attached hydrogens (primary N) is 2. The molecular weight excluding hydrogens is 325 g/mol. The van der Waals surface area contributed by atoms with E-state index in [1.807, 2.05) is 13.8 Å². The molecule has 23 heavy (non-hydrogen) atoms. The van der Waals surface area contributed by atoms with E-state index >= 15 is 0 Å². The van der Waals surface area contributed by atoms with Crippen molar-refractivity contribution in [2.45, 2.75) is 25.9 Å². The summed E-state index contributed by atoms with van der Waals surface area (Å²) in [5, 5.41) is 1.42. The SMILES string of the molecule is CC1(C)N=C(N)N=C(N)N1OCCCOc1ccc(F)cc1.Cl. The zero-order valence-electron chi connectivity index (χ0n) is 13.0. The van der Waals surface area contributed by atoms with E-state index in [1.165, 1.54) is 17.2 Å². The summed E-state index contributed by atoms with van der Waals surface area (Å²) in [7, 11) is 0. The van der Waals surface area contributed by atoms with Crippen LogP contribution in [0.5, 0.6) is 5.75 Å². The summed E-state index contributed by atoms with van der Waals surface area (Å²) in [6.45, 7) is 4.44. The van der Waals surface area contributed by atoms with Crippen molar-refractivity contribution in [3.05, 3.63) is 30.1 Å². The van der Waals surface area contributed by atoms with Crippen molar-refractivity contribution >= 4 is 24.3 Å². The first-order chi connectivity index (χ1) is 10.4. The fraction of sp³-hybridized carbons (Fsp3) is 0.429. The van der Waals surface area contributed by atoms with Gasteiger partial charge >= 0.3 is 0 Å². The lowest BCUT2D eigenvalue weighted by Gasteiger charge is -2.36. The van der Waals surface area contributed by atoms with Crippen LogP contribution in [0.25, 0.3) is 0 Å². The molecule has 2 rings (SSSR count). The van der Waals surface area contributed by atoms with Gasteiger partial charge in [-0.05, 0) is 38.1 Å². The topological polar surface area (TPSA) is 98.5 Å². The van der Waals surface area contributed by atoms with Crippen molar-refractivity contribution in [2.24, 2.45) is 21.5 Å². The molecule has 0 atom stereocenters. The van der Waals surface area contributed by atoms with Gasteiger partial charge in [-0.1, -0.05) is 0 Å². The Labute approximate surface area is 140 Å². The lowest BCUT2D eigenvalue weighted by Crippen LogP contribution is -2.53. The van der Waals surface area contributed by atoms with Gasteiger partial charge in [0.2, 0.25) is 11.9 Å². The van der Waals surface area contributed by atoms with E-state index in [0.29, 0.717) is 25.4 Å². The van der Waals surface area contributed by atoms with Gasteiger partial charge in [0.05, 0.1) is 13.2 Å². The Balaban J connectivity index is 0.00000264. The first-order valence-corrected chi connectivity index (χ1v) is 6.89. The molecule has 1 aliphatic rings. The number of halogens is 2. The van der Waals surface area contributed by atoms with E-state index in [2.05, 4.69) is 9.98 Å². The summed E-state index contributed by atoms with van der Waals surface area (Å²) in [5.41, 5.74) is 10.6. The minimum absolute atomic E-state index is 0. The summed E-state index contributed by atoms with van der Waals surface area (Å²) in [4.78, 5) is 13.6. The third-order valence-corrected chi connectivity index (χ3v) is 2.91. The van der Waals surface area contributed by atoms with Gasteiger partial charge in [0, 0.05) is 6.42 Å². The second kappa shape index (κ2) is 7.98. The Kier molecular flexibility index (Phi) is 6.59. The molecule has 128 valence electrons. The summed E-state index contributed by atoms with van der Waals surface area (Å²) in [5.74, 6) is 0.606. The lowest BCUT2D eigenvalue weighted by molar-refractivity contribution is -0.158. The predicted molar refractivity (Wildman–Crippen MR) is 88.9 cm³/mol. The van der Waals surface area contributed by atoms with Gasteiger partial charge in [0.25, 0.3) is 0 Å². The van der Waals surface area contributed by atoms with Crippen LogP contribution in [0.3, 0.4) is 0 Å². The molecule has 0 amide bonds. The third-order valence-electron chi connectivity index (χ3n) is 2.91. The van der Waals surface area contributed by atoms with Crippen LogP contribution >= 0.6 is 12.4 Å². The summed E-state index contributed by atoms with van der Waals surface area (Å²) in [6, 6.07) is 5.85. The van der Waals surface area contributed by atoms with Gasteiger partial charge < -0.3 is 16.2 Å². The number of hydrogen-bond acceptors (Lipinski definition) is 7. The van der Waals surface area contributed by atoms with Crippen LogP contribution in [-0.2, 0) is 4.84 Å². The Hall–Kier alpha value is -2.06. The van der Waals surface area contributed by atoms with Gasteiger partial charge in [-0.25, -0.2) is 9.38 Å². The van der Waals surface area contributed by atoms with Gasteiger partial charge in [-0.2, -0.15) is 10.1 Å². The fourth-order valence-electron chi connectivity index (χ4n) is 1.95. The lowest BCUT2D eigenvalue weighted by atomic mass is 10.2. The van der Waals surface area contributed by atoms with Gasteiger partial charge in [0.15, 0.2) is 5.66 Å². The predicted octanol–water partition coefficient (Wildman–Crippen LogP) is 1.63. The molecule has 0 spiro atoms. The highest BCUT2D eigenvalue weighted by molar-refractivity contribution is 5.95. The van der Waals surface area contributed by atoms with Crippen molar-refractivity contribution in [3.8, 4) is 5.75 Å². The molecular formula is C14H21ClFN5O2. The van der Waals surface area contributed by atoms with Crippen molar-refractivity contribution in [1.29, 1.82) is 0 Å². The number of rotatable bonds is 6. The second-order valence-corrected chi connectivity index (χ2v) is 5.22. The van der Waals surface area contributed by atoms with Crippen LogP contribution in [0.2, 0.25) is 0 Å². The van der Waals surface area contributed by atoms with Crippen molar-refractivity contribution in [1.82, 2.24) is 5.06 Å². The van der Waals surface area contributed by atoms with E-state index in [-0.39, 0.29) is 30.1 Å². The molecule has 0 radical (unpaired) electrons. The summed E-state index contributed by atoms with van der Waals surface area (Å²) < 4.78 is 18.2. The maximum absolute atomic E-state index is 12.7. The largest absolute Gasteiger partial charge is 0.494 e. The summed E-state index contributed by atoms with van der Waals surface area (Å²) >= 11 is 0. The van der Waals surface area contributed by atoms with Crippen LogP contribution in [0.15, 0.2) is 34.3 Å². The molecule has 0 aliphatic carbocycles. The smallest absolute Gasteiger partial charge is 0.226 e. The number of aliphatic imine (C=N–C) groups is 2. The third kappa shape index (κ3) is 5.26. The Bertz CT molecular complexity index is 577. The number of nitrogens with zero attached hydrogens (tertiary/aromatic N) is 3.